The van der Waals surface area contributed by atoms with Crippen molar-refractivity contribution in [2.24, 2.45) is 0 Å². The van der Waals surface area contributed by atoms with Crippen LogP contribution in [0.3, 0.4) is 0 Å². The van der Waals surface area contributed by atoms with Gasteiger partial charge in [-0.2, -0.15) is 0 Å². The largest absolute Gasteiger partial charge is 0.0843 e. The maximum Gasteiger partial charge on any atom is 0.0423 e. The molecular weight excluding hydrogens is 215 g/mol. The molecule has 1 radical (unpaired) electrons. The lowest BCUT2D eigenvalue weighted by Crippen LogP contribution is -1.93. The van der Waals surface area contributed by atoms with Crippen LogP contribution >= 0.6 is 23.2 Å². The average molecular weight is 230 g/mol. The summed E-state index contributed by atoms with van der Waals surface area (Å²) in [4.78, 5) is 0. The molecule has 0 amide bonds. The van der Waals surface area contributed by atoms with Gasteiger partial charge in [0.2, 0.25) is 0 Å². The van der Waals surface area contributed by atoms with Crippen LogP contribution in [-0.4, -0.2) is 0 Å². The minimum atomic E-state index is 0.297. The molecule has 0 nitrogen and oxygen atoms in total. The number of hydrogen-bond acceptors (Lipinski definition) is 0. The number of unbranched alkanes of at least 4 members (excludes halogenated alkanes) is 1. The second-order valence-electron chi connectivity index (χ2n) is 3.54. The van der Waals surface area contributed by atoms with E-state index >= 15 is 0 Å². The Morgan fingerprint density at radius 1 is 1.21 bits per heavy atom. The molecule has 0 bridgehead atoms. The summed E-state index contributed by atoms with van der Waals surface area (Å²) in [6.45, 7) is 6.29. The third-order valence-corrected chi connectivity index (χ3v) is 2.70. The van der Waals surface area contributed by atoms with Gasteiger partial charge in [0.1, 0.15) is 0 Å². The van der Waals surface area contributed by atoms with Gasteiger partial charge in [-0.15, -0.1) is 0 Å². The molecule has 2 heteroatoms. The van der Waals surface area contributed by atoms with Gasteiger partial charge in [0, 0.05) is 10.0 Å². The Morgan fingerprint density at radius 2 is 1.79 bits per heavy atom. The quantitative estimate of drug-likeness (QED) is 0.674. The van der Waals surface area contributed by atoms with Gasteiger partial charge in [-0.05, 0) is 43.0 Å². The second kappa shape index (κ2) is 5.63. The highest BCUT2D eigenvalue weighted by Crippen LogP contribution is 2.27. The minimum absolute atomic E-state index is 0.297. The van der Waals surface area contributed by atoms with E-state index in [2.05, 4.69) is 13.8 Å². The Kier molecular flexibility index (Phi) is 4.77. The van der Waals surface area contributed by atoms with Crippen molar-refractivity contribution in [2.45, 2.75) is 32.1 Å². The Labute approximate surface area is 96.2 Å². The topological polar surface area (TPSA) is 0 Å². The van der Waals surface area contributed by atoms with Crippen molar-refractivity contribution in [3.8, 4) is 0 Å². The Bertz CT molecular complexity index is 274. The molecule has 0 saturated heterocycles. The van der Waals surface area contributed by atoms with Crippen LogP contribution in [0.5, 0.6) is 0 Å². The second-order valence-corrected chi connectivity index (χ2v) is 4.41. The molecule has 0 N–H and O–H groups in total. The van der Waals surface area contributed by atoms with E-state index in [0.29, 0.717) is 16.0 Å². The van der Waals surface area contributed by atoms with Gasteiger partial charge < -0.3 is 0 Å². The van der Waals surface area contributed by atoms with Gasteiger partial charge in [0.25, 0.3) is 0 Å². The molecule has 0 fully saturated rings. The van der Waals surface area contributed by atoms with Crippen LogP contribution in [0.15, 0.2) is 18.2 Å². The average Bonchev–Trinajstić information content (AvgIpc) is 2.12. The van der Waals surface area contributed by atoms with Crippen LogP contribution in [-0.2, 0) is 0 Å². The Hall–Kier alpha value is -0.200. The lowest BCUT2D eigenvalue weighted by molar-refractivity contribution is 0.661. The molecule has 14 heavy (non-hydrogen) atoms. The van der Waals surface area contributed by atoms with Gasteiger partial charge in [0.15, 0.2) is 0 Å². The van der Waals surface area contributed by atoms with Gasteiger partial charge in [-0.25, -0.2) is 0 Å². The van der Waals surface area contributed by atoms with E-state index in [4.69, 9.17) is 23.2 Å². The van der Waals surface area contributed by atoms with Crippen LogP contribution in [0.1, 0.15) is 37.7 Å². The fourth-order valence-electron chi connectivity index (χ4n) is 1.43. The van der Waals surface area contributed by atoms with Crippen LogP contribution in [0.2, 0.25) is 10.0 Å². The molecule has 0 aliphatic carbocycles. The number of rotatable bonds is 4. The van der Waals surface area contributed by atoms with Gasteiger partial charge in [0.05, 0.1) is 0 Å². The summed E-state index contributed by atoms with van der Waals surface area (Å²) in [6, 6.07) is 5.64. The first-order chi connectivity index (χ1) is 6.63. The Balaban J connectivity index is 2.73. The first-order valence-corrected chi connectivity index (χ1v) is 5.68. The molecule has 1 atom stereocenters. The first-order valence-electron chi connectivity index (χ1n) is 4.92. The van der Waals surface area contributed by atoms with E-state index in [1.165, 1.54) is 12.8 Å². The smallest absolute Gasteiger partial charge is 0.0423 e. The highest BCUT2D eigenvalue weighted by atomic mass is 35.5. The fraction of sp³-hybridized carbons (Fsp3) is 0.417. The van der Waals surface area contributed by atoms with E-state index in [1.54, 1.807) is 6.07 Å². The minimum Gasteiger partial charge on any atom is -0.0843 e. The molecule has 1 unspecified atom stereocenters. The number of hydrogen-bond donors (Lipinski definition) is 0. The van der Waals surface area contributed by atoms with Crippen LogP contribution in [0.4, 0.5) is 0 Å². The lowest BCUT2D eigenvalue weighted by atomic mass is 9.96. The summed E-state index contributed by atoms with van der Waals surface area (Å²) in [7, 11) is 0. The van der Waals surface area contributed by atoms with Gasteiger partial charge in [-0.1, -0.05) is 43.0 Å². The van der Waals surface area contributed by atoms with Crippen LogP contribution < -0.4 is 0 Å². The maximum absolute atomic E-state index is 5.92. The van der Waals surface area contributed by atoms with E-state index in [9.17, 15) is 0 Å². The summed E-state index contributed by atoms with van der Waals surface area (Å²) < 4.78 is 0. The molecular formula is C12H15Cl2. The van der Waals surface area contributed by atoms with Crippen LogP contribution in [0.25, 0.3) is 0 Å². The van der Waals surface area contributed by atoms with Crippen molar-refractivity contribution in [3.05, 3.63) is 40.7 Å². The maximum atomic E-state index is 5.92. The van der Waals surface area contributed by atoms with Crippen molar-refractivity contribution in [1.29, 1.82) is 0 Å². The van der Waals surface area contributed by atoms with Crippen molar-refractivity contribution in [2.75, 3.05) is 0 Å². The molecule has 0 saturated carbocycles. The summed E-state index contributed by atoms with van der Waals surface area (Å²) in [6.07, 6.45) is 3.48. The monoisotopic (exact) mass is 229 g/mol. The number of benzene rings is 1. The zero-order valence-electron chi connectivity index (χ0n) is 8.39. The predicted molar refractivity (Wildman–Crippen MR) is 64.1 cm³/mol. The lowest BCUT2D eigenvalue weighted by Gasteiger charge is -2.11. The van der Waals surface area contributed by atoms with E-state index in [0.717, 1.165) is 12.0 Å². The third kappa shape index (κ3) is 3.51. The Morgan fingerprint density at radius 3 is 2.29 bits per heavy atom. The molecule has 0 spiro atoms. The molecule has 77 valence electrons. The standard InChI is InChI=1S/C12H15Cl2/c1-3-4-5-9(2)10-6-11(13)8-12(14)7-10/h6-9H,2-5H2,1H3. The predicted octanol–water partition coefficient (Wildman–Crippen LogP) is 5.10. The van der Waals surface area contributed by atoms with Crippen molar-refractivity contribution < 1.29 is 0 Å². The molecule has 1 aromatic carbocycles. The fourth-order valence-corrected chi connectivity index (χ4v) is 1.97. The van der Waals surface area contributed by atoms with Crippen molar-refractivity contribution in [3.63, 3.8) is 0 Å². The summed E-state index contributed by atoms with van der Waals surface area (Å²) in [5.74, 6) is 0.297. The molecule has 0 aliphatic heterocycles. The SMILES string of the molecule is [CH2]C(CCCC)c1cc(Cl)cc(Cl)c1. The van der Waals surface area contributed by atoms with Gasteiger partial charge in [-0.3, -0.25) is 0 Å². The highest BCUT2D eigenvalue weighted by molar-refractivity contribution is 6.34. The van der Waals surface area contributed by atoms with E-state index < -0.39 is 0 Å². The zero-order chi connectivity index (χ0) is 10.6. The molecule has 1 rings (SSSR count). The molecule has 1 aromatic rings. The summed E-state index contributed by atoms with van der Waals surface area (Å²) >= 11 is 11.8. The summed E-state index contributed by atoms with van der Waals surface area (Å²) in [5, 5.41) is 1.38. The normalized spacial score (nSPS) is 12.9. The van der Waals surface area contributed by atoms with Crippen molar-refractivity contribution in [1.82, 2.24) is 0 Å². The molecule has 0 aliphatic rings. The highest BCUT2D eigenvalue weighted by Gasteiger charge is 2.06. The number of halogens is 2. The molecule has 0 aromatic heterocycles. The van der Waals surface area contributed by atoms with Gasteiger partial charge >= 0.3 is 0 Å². The molecule has 0 heterocycles. The summed E-state index contributed by atoms with van der Waals surface area (Å²) in [5.41, 5.74) is 1.14. The van der Waals surface area contributed by atoms with E-state index in [-0.39, 0.29) is 0 Å². The first kappa shape index (κ1) is 11.9. The van der Waals surface area contributed by atoms with Crippen LogP contribution in [0, 0.1) is 6.92 Å². The van der Waals surface area contributed by atoms with Crippen molar-refractivity contribution >= 4 is 23.2 Å². The van der Waals surface area contributed by atoms with E-state index in [1.807, 2.05) is 12.1 Å². The third-order valence-electron chi connectivity index (χ3n) is 2.26. The zero-order valence-corrected chi connectivity index (χ0v) is 9.91.